The number of aromatic carboxylic acids is 1. The molecule has 0 amide bonds. The van der Waals surface area contributed by atoms with Crippen LogP contribution in [-0.2, 0) is 10.3 Å². The van der Waals surface area contributed by atoms with Gasteiger partial charge in [-0.3, -0.25) is 4.98 Å². The molecule has 3 N–H and O–H groups in total. The van der Waals surface area contributed by atoms with Crippen molar-refractivity contribution in [3.63, 3.8) is 0 Å². The minimum atomic E-state index is -2.03. The van der Waals surface area contributed by atoms with Gasteiger partial charge in [-0.15, -0.1) is 0 Å². The SMILES string of the molecule is Cc1ccccc1-c1c(O)c(-c2cccnc2)cc2c1Oc1c(-c3ccccc3C)c(O)c3ccccc3c1C21OC(=O)c2c(Cl)cc(C(=O)O)c(Cl)c21. The Labute approximate surface area is 318 Å². The molecule has 10 heteroatoms. The summed E-state index contributed by atoms with van der Waals surface area (Å²) in [5.41, 5.74) is 2.27. The van der Waals surface area contributed by atoms with E-state index in [9.17, 15) is 24.9 Å². The second-order valence-corrected chi connectivity index (χ2v) is 14.1. The molecule has 1 spiro atoms. The fourth-order valence-corrected chi connectivity index (χ4v) is 8.62. The van der Waals surface area contributed by atoms with Gasteiger partial charge >= 0.3 is 11.9 Å². The topological polar surface area (TPSA) is 126 Å². The number of rotatable bonds is 4. The highest BCUT2D eigenvalue weighted by molar-refractivity contribution is 6.39. The van der Waals surface area contributed by atoms with Gasteiger partial charge in [0.25, 0.3) is 0 Å². The molecule has 6 aromatic carbocycles. The number of carboxylic acid groups (broad SMARTS) is 1. The summed E-state index contributed by atoms with van der Waals surface area (Å²) in [6, 6.07) is 28.2. The number of fused-ring (bicyclic) bond motifs is 8. The Morgan fingerprint density at radius 2 is 1.35 bits per heavy atom. The van der Waals surface area contributed by atoms with Crippen molar-refractivity contribution in [1.82, 2.24) is 4.98 Å². The Morgan fingerprint density at radius 3 is 1.98 bits per heavy atom. The molecular formula is C44H27Cl2NO7. The van der Waals surface area contributed by atoms with E-state index < -0.39 is 17.5 Å². The molecule has 0 fully saturated rings. The molecule has 1 aromatic heterocycles. The average molecular weight is 753 g/mol. The van der Waals surface area contributed by atoms with Crippen molar-refractivity contribution >= 4 is 45.9 Å². The smallest absolute Gasteiger partial charge is 0.341 e. The first-order valence-electron chi connectivity index (χ1n) is 16.9. The molecule has 2 aliphatic heterocycles. The second-order valence-electron chi connectivity index (χ2n) is 13.3. The Morgan fingerprint density at radius 1 is 0.722 bits per heavy atom. The molecule has 0 aliphatic carbocycles. The van der Waals surface area contributed by atoms with Gasteiger partial charge in [-0.05, 0) is 59.7 Å². The normalized spacial score (nSPS) is 15.4. The predicted octanol–water partition coefficient (Wildman–Crippen LogP) is 10.8. The van der Waals surface area contributed by atoms with Crippen molar-refractivity contribution in [2.24, 2.45) is 0 Å². The fourth-order valence-electron chi connectivity index (χ4n) is 7.98. The van der Waals surface area contributed by atoms with Gasteiger partial charge in [-0.1, -0.05) is 102 Å². The van der Waals surface area contributed by atoms with E-state index in [4.69, 9.17) is 32.7 Å². The number of carbonyl (C=O) groups is 2. The summed E-state index contributed by atoms with van der Waals surface area (Å²) in [6.45, 7) is 3.79. The third kappa shape index (κ3) is 4.54. The van der Waals surface area contributed by atoms with Crippen LogP contribution in [0.25, 0.3) is 44.2 Å². The number of ether oxygens (including phenoxy) is 2. The summed E-state index contributed by atoms with van der Waals surface area (Å²) in [7, 11) is 0. The molecule has 2 aliphatic rings. The number of esters is 1. The third-order valence-corrected chi connectivity index (χ3v) is 11.1. The van der Waals surface area contributed by atoms with Crippen molar-refractivity contribution in [3.8, 4) is 56.4 Å². The molecule has 0 bridgehead atoms. The first-order chi connectivity index (χ1) is 26.0. The minimum Gasteiger partial charge on any atom is -0.507 e. The Hall–Kier alpha value is -6.35. The number of aryl methyl sites for hydroxylation is 2. The van der Waals surface area contributed by atoms with Gasteiger partial charge in [0.15, 0.2) is 5.60 Å². The number of carboxylic acids is 1. The highest BCUT2D eigenvalue weighted by Crippen LogP contribution is 2.66. The summed E-state index contributed by atoms with van der Waals surface area (Å²) in [4.78, 5) is 31.4. The lowest BCUT2D eigenvalue weighted by molar-refractivity contribution is 0.0230. The van der Waals surface area contributed by atoms with E-state index in [0.29, 0.717) is 38.6 Å². The van der Waals surface area contributed by atoms with Gasteiger partial charge < -0.3 is 24.8 Å². The van der Waals surface area contributed by atoms with E-state index in [1.54, 1.807) is 54.9 Å². The lowest BCUT2D eigenvalue weighted by atomic mass is 9.72. The van der Waals surface area contributed by atoms with Gasteiger partial charge in [0.1, 0.15) is 23.0 Å². The molecular weight excluding hydrogens is 725 g/mol. The number of phenols is 2. The number of aromatic nitrogens is 1. The molecule has 1 atom stereocenters. The average Bonchev–Trinajstić information content (AvgIpc) is 3.47. The molecule has 9 rings (SSSR count). The lowest BCUT2D eigenvalue weighted by Crippen LogP contribution is -2.34. The number of nitrogens with zero attached hydrogens (tertiary/aromatic N) is 1. The van der Waals surface area contributed by atoms with Crippen LogP contribution in [-0.4, -0.2) is 32.2 Å². The number of carbonyl (C=O) groups excluding carboxylic acids is 1. The van der Waals surface area contributed by atoms with Crippen molar-refractivity contribution < 1.29 is 34.4 Å². The van der Waals surface area contributed by atoms with Gasteiger partial charge in [-0.25, -0.2) is 9.59 Å². The summed E-state index contributed by atoms with van der Waals surface area (Å²) in [5, 5.41) is 35.4. The number of hydrogen-bond acceptors (Lipinski definition) is 7. The molecule has 264 valence electrons. The zero-order valence-corrected chi connectivity index (χ0v) is 30.1. The number of hydrogen-bond donors (Lipinski definition) is 3. The van der Waals surface area contributed by atoms with Crippen LogP contribution in [0.1, 0.15) is 48.5 Å². The van der Waals surface area contributed by atoms with Crippen LogP contribution in [0.2, 0.25) is 10.0 Å². The van der Waals surface area contributed by atoms with Gasteiger partial charge in [0.2, 0.25) is 0 Å². The quantitative estimate of drug-likeness (QED) is 0.152. The number of benzene rings is 6. The molecule has 1 unspecified atom stereocenters. The van der Waals surface area contributed by atoms with E-state index >= 15 is 0 Å². The summed E-state index contributed by atoms with van der Waals surface area (Å²) >= 11 is 13.9. The standard InChI is InChI=1S/C44H27Cl2NO7/c1-21-10-3-5-13-24(21)32-39(49)28(23-12-9-17-47-20-23)18-30-40(32)53-41-33(25-14-6-4-11-22(25)2)38(48)27-16-8-7-15-26(27)35(41)44(30)36-34(43(52)54-44)31(45)19-29(37(36)46)42(50)51/h3-20,48-49H,1-2H3,(H,50,51). The fraction of sp³-hybridized carbons (Fsp3) is 0.0682. The third-order valence-electron chi connectivity index (χ3n) is 10.4. The molecule has 7 aromatic rings. The first kappa shape index (κ1) is 33.5. The molecule has 0 radical (unpaired) electrons. The van der Waals surface area contributed by atoms with Crippen LogP contribution in [0, 0.1) is 13.8 Å². The number of halogens is 2. The molecule has 0 saturated heterocycles. The maximum absolute atomic E-state index is 14.4. The van der Waals surface area contributed by atoms with Crippen molar-refractivity contribution in [2.75, 3.05) is 0 Å². The van der Waals surface area contributed by atoms with Crippen LogP contribution in [0.4, 0.5) is 0 Å². The van der Waals surface area contributed by atoms with E-state index in [-0.39, 0.29) is 66.4 Å². The van der Waals surface area contributed by atoms with Crippen LogP contribution >= 0.6 is 23.2 Å². The Balaban J connectivity index is 1.58. The zero-order chi connectivity index (χ0) is 37.6. The summed E-state index contributed by atoms with van der Waals surface area (Å²) < 4.78 is 13.8. The van der Waals surface area contributed by atoms with E-state index in [1.165, 1.54) is 0 Å². The Kier molecular flexibility index (Phi) is 7.50. The highest BCUT2D eigenvalue weighted by Gasteiger charge is 2.58. The van der Waals surface area contributed by atoms with E-state index in [2.05, 4.69) is 4.98 Å². The maximum atomic E-state index is 14.4. The van der Waals surface area contributed by atoms with Crippen molar-refractivity contribution in [2.45, 2.75) is 19.4 Å². The summed E-state index contributed by atoms with van der Waals surface area (Å²) in [5.74, 6) is -2.25. The monoisotopic (exact) mass is 751 g/mol. The van der Waals surface area contributed by atoms with E-state index in [1.807, 2.05) is 62.4 Å². The molecule has 8 nitrogen and oxygen atoms in total. The van der Waals surface area contributed by atoms with Gasteiger partial charge in [0.05, 0.1) is 37.9 Å². The van der Waals surface area contributed by atoms with Gasteiger partial charge in [0, 0.05) is 40.0 Å². The first-order valence-corrected chi connectivity index (χ1v) is 17.7. The van der Waals surface area contributed by atoms with Crippen LogP contribution < -0.4 is 4.74 Å². The summed E-state index contributed by atoms with van der Waals surface area (Å²) in [6.07, 6.45) is 3.20. The number of phenolic OH excluding ortho intramolecular Hbond substituents is 2. The molecule has 3 heterocycles. The highest BCUT2D eigenvalue weighted by atomic mass is 35.5. The molecule has 0 saturated carbocycles. The maximum Gasteiger partial charge on any atom is 0.341 e. The number of aromatic hydroxyl groups is 2. The zero-order valence-electron chi connectivity index (χ0n) is 28.6. The molecule has 54 heavy (non-hydrogen) atoms. The second kappa shape index (κ2) is 12.1. The van der Waals surface area contributed by atoms with Crippen molar-refractivity contribution in [3.05, 3.63) is 158 Å². The van der Waals surface area contributed by atoms with Crippen LogP contribution in [0.3, 0.4) is 0 Å². The van der Waals surface area contributed by atoms with Crippen LogP contribution in [0.5, 0.6) is 23.0 Å². The van der Waals surface area contributed by atoms with E-state index in [0.717, 1.165) is 17.2 Å². The van der Waals surface area contributed by atoms with Crippen molar-refractivity contribution in [1.29, 1.82) is 0 Å². The number of pyridine rings is 1. The minimum absolute atomic E-state index is 0.00463. The lowest BCUT2D eigenvalue weighted by Gasteiger charge is -2.40. The predicted molar refractivity (Wildman–Crippen MR) is 206 cm³/mol. The van der Waals surface area contributed by atoms with Gasteiger partial charge in [-0.2, -0.15) is 0 Å². The largest absolute Gasteiger partial charge is 0.507 e. The Bertz CT molecular complexity index is 2800. The van der Waals surface area contributed by atoms with Crippen LogP contribution in [0.15, 0.2) is 109 Å².